The molecule has 1 aliphatic heterocycles. The van der Waals surface area contributed by atoms with E-state index in [2.05, 4.69) is 10.3 Å². The Morgan fingerprint density at radius 3 is 2.32 bits per heavy atom. The Morgan fingerprint density at radius 2 is 1.65 bits per heavy atom. The molecule has 1 amide bonds. The van der Waals surface area contributed by atoms with Crippen molar-refractivity contribution in [3.05, 3.63) is 93.7 Å². The third-order valence-electron chi connectivity index (χ3n) is 5.92. The van der Waals surface area contributed by atoms with Crippen LogP contribution in [0.1, 0.15) is 29.5 Å². The van der Waals surface area contributed by atoms with Gasteiger partial charge in [-0.25, -0.2) is 12.7 Å². The van der Waals surface area contributed by atoms with Crippen molar-refractivity contribution in [3.63, 3.8) is 0 Å². The van der Waals surface area contributed by atoms with Gasteiger partial charge in [0, 0.05) is 46.8 Å². The van der Waals surface area contributed by atoms with Gasteiger partial charge in [-0.05, 0) is 66.8 Å². The quantitative estimate of drug-likeness (QED) is 0.469. The molecule has 34 heavy (non-hydrogen) atoms. The summed E-state index contributed by atoms with van der Waals surface area (Å²) in [5.74, 6) is -0.905. The summed E-state index contributed by atoms with van der Waals surface area (Å²) in [6.45, 7) is 0.508. The van der Waals surface area contributed by atoms with Crippen LogP contribution in [0.3, 0.4) is 0 Å². The minimum atomic E-state index is -3.68. The average molecular weight is 518 g/mol. The summed E-state index contributed by atoms with van der Waals surface area (Å²) in [7, 11) is -3.68. The van der Waals surface area contributed by atoms with Crippen molar-refractivity contribution in [3.8, 4) is 0 Å². The smallest absolute Gasteiger partial charge is 0.228 e. The van der Waals surface area contributed by atoms with Crippen LogP contribution in [0, 0.1) is 5.92 Å². The number of nitrogens with zero attached hydrogens (tertiary/aromatic N) is 2. The molecule has 0 radical (unpaired) electrons. The van der Waals surface area contributed by atoms with Gasteiger partial charge in [0.1, 0.15) is 0 Å². The lowest BCUT2D eigenvalue weighted by molar-refractivity contribution is -0.120. The Labute approximate surface area is 210 Å². The second-order valence-electron chi connectivity index (χ2n) is 8.37. The minimum absolute atomic E-state index is 0.135. The van der Waals surface area contributed by atoms with Gasteiger partial charge in [-0.2, -0.15) is 0 Å². The summed E-state index contributed by atoms with van der Waals surface area (Å²) in [6.07, 6.45) is 5.55. The van der Waals surface area contributed by atoms with Crippen molar-refractivity contribution in [2.24, 2.45) is 5.92 Å². The van der Waals surface area contributed by atoms with Crippen LogP contribution in [0.15, 0.2) is 67.0 Å². The van der Waals surface area contributed by atoms with Crippen molar-refractivity contribution in [2.45, 2.75) is 25.0 Å². The highest BCUT2D eigenvalue weighted by atomic mass is 35.5. The molecular weight excluding hydrogens is 493 g/mol. The van der Waals surface area contributed by atoms with Crippen LogP contribution >= 0.6 is 23.2 Å². The van der Waals surface area contributed by atoms with E-state index >= 15 is 0 Å². The lowest BCUT2D eigenvalue weighted by atomic mass is 9.98. The van der Waals surface area contributed by atoms with Crippen molar-refractivity contribution >= 4 is 44.8 Å². The van der Waals surface area contributed by atoms with Crippen LogP contribution in [-0.4, -0.2) is 36.7 Å². The molecule has 0 spiro atoms. The number of benzene rings is 2. The van der Waals surface area contributed by atoms with Crippen molar-refractivity contribution < 1.29 is 13.2 Å². The number of hydrogen-bond donors (Lipinski definition) is 1. The summed E-state index contributed by atoms with van der Waals surface area (Å²) >= 11 is 12.3. The first kappa shape index (κ1) is 24.7. The van der Waals surface area contributed by atoms with Gasteiger partial charge in [-0.15, -0.1) is 0 Å². The predicted molar refractivity (Wildman–Crippen MR) is 135 cm³/mol. The molecule has 6 nitrogen and oxygen atoms in total. The molecule has 0 aliphatic carbocycles. The van der Waals surface area contributed by atoms with Gasteiger partial charge >= 0.3 is 0 Å². The van der Waals surface area contributed by atoms with Crippen LogP contribution in [0.5, 0.6) is 0 Å². The molecule has 3 aromatic rings. The number of rotatable bonds is 7. The topological polar surface area (TPSA) is 79.4 Å². The number of carbonyl (C=O) groups excluding carboxylic acids is 1. The molecule has 1 N–H and O–H groups in total. The SMILES string of the molecule is O=C(Nc1ccc(Cc2ccncc2)cc1)[C@@H]1CCCN(S(=O)(=O)Cc2c(Cl)cccc2Cl)C1. The molecule has 1 fully saturated rings. The number of carbonyl (C=O) groups is 1. The van der Waals surface area contributed by atoms with E-state index < -0.39 is 15.9 Å². The van der Waals surface area contributed by atoms with E-state index in [1.54, 1.807) is 30.6 Å². The first-order valence-corrected chi connectivity index (χ1v) is 13.4. The summed E-state index contributed by atoms with van der Waals surface area (Å²) in [5, 5.41) is 3.56. The van der Waals surface area contributed by atoms with Gasteiger partial charge in [0.25, 0.3) is 0 Å². The molecule has 2 heterocycles. The third kappa shape index (κ3) is 6.16. The van der Waals surface area contributed by atoms with Gasteiger partial charge in [0.05, 0.1) is 11.7 Å². The summed E-state index contributed by atoms with van der Waals surface area (Å²) in [4.78, 5) is 16.9. The molecule has 178 valence electrons. The van der Waals surface area contributed by atoms with E-state index in [4.69, 9.17) is 23.2 Å². The van der Waals surface area contributed by atoms with E-state index in [1.165, 1.54) is 4.31 Å². The summed E-state index contributed by atoms with van der Waals surface area (Å²) in [5.41, 5.74) is 3.35. The Hall–Kier alpha value is -2.45. The Balaban J connectivity index is 1.37. The standard InChI is InChI=1S/C25H25Cl2N3O3S/c26-23-4-1-5-24(27)22(23)17-34(32,33)30-14-2-3-20(16-30)25(31)29-21-8-6-18(7-9-21)15-19-10-12-28-13-11-19/h1,4-13,20H,2-3,14-17H2,(H,29,31)/t20-/m1/s1. The van der Waals surface area contributed by atoms with E-state index in [9.17, 15) is 13.2 Å². The number of aromatic nitrogens is 1. The van der Waals surface area contributed by atoms with Crippen LogP contribution in [0.25, 0.3) is 0 Å². The molecule has 1 saturated heterocycles. The van der Waals surface area contributed by atoms with E-state index in [0.29, 0.717) is 40.7 Å². The first-order valence-electron chi connectivity index (χ1n) is 11.0. The van der Waals surface area contributed by atoms with E-state index in [0.717, 1.165) is 17.5 Å². The predicted octanol–water partition coefficient (Wildman–Crippen LogP) is 5.16. The van der Waals surface area contributed by atoms with Crippen molar-refractivity contribution in [1.82, 2.24) is 9.29 Å². The van der Waals surface area contributed by atoms with E-state index in [-0.39, 0.29) is 18.2 Å². The zero-order valence-corrected chi connectivity index (χ0v) is 20.8. The molecule has 0 saturated carbocycles. The average Bonchev–Trinajstić information content (AvgIpc) is 2.83. The lowest BCUT2D eigenvalue weighted by Gasteiger charge is -2.31. The van der Waals surface area contributed by atoms with Gasteiger partial charge in [0.15, 0.2) is 0 Å². The summed E-state index contributed by atoms with van der Waals surface area (Å²) < 4.78 is 27.5. The van der Waals surface area contributed by atoms with Gasteiger partial charge in [-0.1, -0.05) is 41.4 Å². The molecular formula is C25H25Cl2N3O3S. The number of anilines is 1. The second kappa shape index (κ2) is 10.9. The largest absolute Gasteiger partial charge is 0.326 e. The fourth-order valence-electron chi connectivity index (χ4n) is 4.04. The molecule has 0 unspecified atom stereocenters. The normalized spacial score (nSPS) is 16.8. The molecule has 1 atom stereocenters. The number of sulfonamides is 1. The van der Waals surface area contributed by atoms with Crippen molar-refractivity contribution in [2.75, 3.05) is 18.4 Å². The number of pyridine rings is 1. The zero-order chi connectivity index (χ0) is 24.1. The Bertz CT molecular complexity index is 1230. The van der Waals surface area contributed by atoms with Gasteiger partial charge in [-0.3, -0.25) is 9.78 Å². The molecule has 4 rings (SSSR count). The highest BCUT2D eigenvalue weighted by molar-refractivity contribution is 7.88. The first-order chi connectivity index (χ1) is 16.3. The molecule has 1 aromatic heterocycles. The maximum absolute atomic E-state index is 13.0. The third-order valence-corrected chi connectivity index (χ3v) is 8.40. The monoisotopic (exact) mass is 517 g/mol. The highest BCUT2D eigenvalue weighted by Gasteiger charge is 2.33. The van der Waals surface area contributed by atoms with Crippen LogP contribution in [-0.2, 0) is 27.0 Å². The number of halogens is 2. The summed E-state index contributed by atoms with van der Waals surface area (Å²) in [6, 6.07) is 16.5. The van der Waals surface area contributed by atoms with Crippen LogP contribution in [0.4, 0.5) is 5.69 Å². The minimum Gasteiger partial charge on any atom is -0.326 e. The van der Waals surface area contributed by atoms with Crippen molar-refractivity contribution in [1.29, 1.82) is 0 Å². The number of nitrogens with one attached hydrogen (secondary N) is 1. The Morgan fingerprint density at radius 1 is 1.00 bits per heavy atom. The maximum Gasteiger partial charge on any atom is 0.228 e. The maximum atomic E-state index is 13.0. The molecule has 2 aromatic carbocycles. The Kier molecular flexibility index (Phi) is 7.88. The van der Waals surface area contributed by atoms with Crippen LogP contribution < -0.4 is 5.32 Å². The number of amides is 1. The second-order valence-corrected chi connectivity index (χ2v) is 11.2. The van der Waals surface area contributed by atoms with Gasteiger partial charge in [0.2, 0.25) is 15.9 Å². The van der Waals surface area contributed by atoms with E-state index in [1.807, 2.05) is 36.4 Å². The molecule has 9 heteroatoms. The van der Waals surface area contributed by atoms with Crippen LogP contribution in [0.2, 0.25) is 10.0 Å². The molecule has 1 aliphatic rings. The fourth-order valence-corrected chi connectivity index (χ4v) is 6.40. The highest BCUT2D eigenvalue weighted by Crippen LogP contribution is 2.29. The molecule has 0 bridgehead atoms. The van der Waals surface area contributed by atoms with Gasteiger partial charge < -0.3 is 5.32 Å². The fraction of sp³-hybridized carbons (Fsp3) is 0.280. The zero-order valence-electron chi connectivity index (χ0n) is 18.5. The number of piperidine rings is 1. The number of hydrogen-bond acceptors (Lipinski definition) is 4. The lowest BCUT2D eigenvalue weighted by Crippen LogP contribution is -2.44.